The quantitative estimate of drug-likeness (QED) is 0.218. The van der Waals surface area contributed by atoms with Crippen LogP contribution >= 0.6 is 0 Å². The van der Waals surface area contributed by atoms with Gasteiger partial charge in [0, 0.05) is 54.2 Å². The van der Waals surface area contributed by atoms with Crippen molar-refractivity contribution in [3.05, 3.63) is 79.4 Å². The number of nitriles is 1. The molecule has 1 saturated heterocycles. The zero-order valence-corrected chi connectivity index (χ0v) is 16.7. The normalized spacial score (nSPS) is 14.4. The van der Waals surface area contributed by atoms with E-state index in [0.717, 1.165) is 44.8 Å². The highest BCUT2D eigenvalue weighted by Gasteiger charge is 2.20. The van der Waals surface area contributed by atoms with Gasteiger partial charge in [0.15, 0.2) is 0 Å². The molecule has 0 N–H and O–H groups in total. The van der Waals surface area contributed by atoms with Crippen molar-refractivity contribution in [1.82, 2.24) is 0 Å². The molecule has 1 aliphatic rings. The number of non-ortho nitro benzene ring substituents is 2. The number of anilines is 1. The molecule has 0 spiro atoms. The highest BCUT2D eigenvalue weighted by atomic mass is 16.6. The van der Waals surface area contributed by atoms with Crippen LogP contribution in [-0.4, -0.2) is 28.7 Å². The molecular formula is C22H20N4O5. The summed E-state index contributed by atoms with van der Waals surface area (Å²) in [6.45, 7) is 1.55. The van der Waals surface area contributed by atoms with E-state index in [0.29, 0.717) is 11.3 Å². The van der Waals surface area contributed by atoms with Crippen molar-refractivity contribution in [1.29, 1.82) is 5.26 Å². The summed E-state index contributed by atoms with van der Waals surface area (Å²) >= 11 is 0. The summed E-state index contributed by atoms with van der Waals surface area (Å²) in [5.41, 5.74) is 0.452. The molecule has 0 aliphatic carbocycles. The van der Waals surface area contributed by atoms with Crippen LogP contribution in [0.25, 0.3) is 6.08 Å². The number of Topliss-reactive ketones (excluding diaryl/α,β-unsaturated/α-hetero) is 1. The lowest BCUT2D eigenvalue weighted by Gasteiger charge is -2.24. The number of hydrogen-bond donors (Lipinski definition) is 0. The van der Waals surface area contributed by atoms with E-state index in [4.69, 9.17) is 0 Å². The van der Waals surface area contributed by atoms with Crippen LogP contribution in [0.15, 0.2) is 48.0 Å². The van der Waals surface area contributed by atoms with Gasteiger partial charge < -0.3 is 4.90 Å². The van der Waals surface area contributed by atoms with Gasteiger partial charge >= 0.3 is 0 Å². The molecule has 0 bridgehead atoms. The van der Waals surface area contributed by atoms with Crippen LogP contribution in [0.3, 0.4) is 0 Å². The van der Waals surface area contributed by atoms with Gasteiger partial charge in [-0.25, -0.2) is 0 Å². The minimum atomic E-state index is -0.681. The monoisotopic (exact) mass is 420 g/mol. The van der Waals surface area contributed by atoms with Gasteiger partial charge in [0.25, 0.3) is 11.4 Å². The first-order chi connectivity index (χ1) is 14.9. The van der Waals surface area contributed by atoms with Crippen LogP contribution in [0.4, 0.5) is 17.1 Å². The number of hydrogen-bond acceptors (Lipinski definition) is 7. The van der Waals surface area contributed by atoms with Gasteiger partial charge in [0.2, 0.25) is 5.78 Å². The average Bonchev–Trinajstić information content (AvgIpc) is 3.06. The number of nitro groups is 2. The Kier molecular flexibility index (Phi) is 6.72. The van der Waals surface area contributed by atoms with Gasteiger partial charge in [-0.3, -0.25) is 25.0 Å². The molecule has 9 heteroatoms. The number of nitrogens with zero attached hydrogens (tertiary/aromatic N) is 4. The Morgan fingerprint density at radius 1 is 0.968 bits per heavy atom. The fourth-order valence-electron chi connectivity index (χ4n) is 3.59. The average molecular weight is 420 g/mol. The second-order valence-electron chi connectivity index (χ2n) is 7.21. The Balaban J connectivity index is 2.05. The van der Waals surface area contributed by atoms with Crippen LogP contribution in [0.1, 0.15) is 41.6 Å². The number of carbonyl (C=O) groups excluding carboxylic acids is 1. The van der Waals surface area contributed by atoms with E-state index in [-0.39, 0.29) is 22.5 Å². The Bertz CT molecular complexity index is 1100. The first-order valence-electron chi connectivity index (χ1n) is 9.85. The molecule has 0 radical (unpaired) electrons. The SMILES string of the molecule is N#C/C(=C/c1cc([N+](=O)[O-])ccc1N1CCCCCC1)C(=O)c1cccc([N+](=O)[O-])c1. The van der Waals surface area contributed by atoms with Crippen molar-refractivity contribution in [2.24, 2.45) is 0 Å². The summed E-state index contributed by atoms with van der Waals surface area (Å²) in [5, 5.41) is 31.9. The van der Waals surface area contributed by atoms with Crippen molar-refractivity contribution in [3.8, 4) is 6.07 Å². The maximum absolute atomic E-state index is 12.9. The van der Waals surface area contributed by atoms with E-state index < -0.39 is 15.6 Å². The fraction of sp³-hybridized carbons (Fsp3) is 0.273. The maximum Gasteiger partial charge on any atom is 0.270 e. The molecule has 1 aliphatic heterocycles. The molecule has 31 heavy (non-hydrogen) atoms. The summed E-state index contributed by atoms with van der Waals surface area (Å²) in [7, 11) is 0. The van der Waals surface area contributed by atoms with E-state index in [9.17, 15) is 30.3 Å². The standard InChI is InChI=1S/C22H20N4O5/c23-15-18(22(27)16-6-5-7-19(13-16)25(28)29)12-17-14-20(26(30)31)8-9-21(17)24-10-3-1-2-4-11-24/h5-9,12-14H,1-4,10-11H2/b18-12-. The van der Waals surface area contributed by atoms with Crippen molar-refractivity contribution in [3.63, 3.8) is 0 Å². The maximum atomic E-state index is 12.9. The second-order valence-corrected chi connectivity index (χ2v) is 7.21. The summed E-state index contributed by atoms with van der Waals surface area (Å²) in [4.78, 5) is 36.1. The molecule has 1 heterocycles. The summed E-state index contributed by atoms with van der Waals surface area (Å²) in [6.07, 6.45) is 5.50. The van der Waals surface area contributed by atoms with Crippen LogP contribution in [-0.2, 0) is 0 Å². The smallest absolute Gasteiger partial charge is 0.270 e. The van der Waals surface area contributed by atoms with Crippen LogP contribution in [0, 0.1) is 31.6 Å². The minimum absolute atomic E-state index is 0.00348. The molecule has 1 fully saturated rings. The van der Waals surface area contributed by atoms with Crippen LogP contribution in [0.5, 0.6) is 0 Å². The van der Waals surface area contributed by atoms with E-state index >= 15 is 0 Å². The lowest BCUT2D eigenvalue weighted by molar-refractivity contribution is -0.385. The number of nitro benzene ring substituents is 2. The molecule has 0 aromatic heterocycles. The number of carbonyl (C=O) groups is 1. The molecule has 0 unspecified atom stereocenters. The highest BCUT2D eigenvalue weighted by molar-refractivity contribution is 6.14. The third-order valence-corrected chi connectivity index (χ3v) is 5.15. The summed E-state index contributed by atoms with van der Waals surface area (Å²) < 4.78 is 0. The number of ketones is 1. The lowest BCUT2D eigenvalue weighted by atomic mass is 10.00. The first-order valence-corrected chi connectivity index (χ1v) is 9.85. The Labute approximate surface area is 178 Å². The van der Waals surface area contributed by atoms with E-state index in [2.05, 4.69) is 4.90 Å². The van der Waals surface area contributed by atoms with E-state index in [1.165, 1.54) is 36.4 Å². The number of rotatable bonds is 6. The topological polar surface area (TPSA) is 130 Å². The zero-order chi connectivity index (χ0) is 22.4. The van der Waals surface area contributed by atoms with Gasteiger partial charge in [0.1, 0.15) is 11.6 Å². The molecular weight excluding hydrogens is 400 g/mol. The van der Waals surface area contributed by atoms with Crippen molar-refractivity contribution in [2.45, 2.75) is 25.7 Å². The third-order valence-electron chi connectivity index (χ3n) is 5.15. The van der Waals surface area contributed by atoms with E-state index in [1.54, 1.807) is 6.07 Å². The van der Waals surface area contributed by atoms with Gasteiger partial charge in [0.05, 0.1) is 9.85 Å². The molecule has 0 atom stereocenters. The van der Waals surface area contributed by atoms with Gasteiger partial charge in [-0.1, -0.05) is 25.0 Å². The van der Waals surface area contributed by atoms with Crippen molar-refractivity contribution >= 4 is 28.9 Å². The van der Waals surface area contributed by atoms with E-state index in [1.807, 2.05) is 6.07 Å². The predicted octanol–water partition coefficient (Wildman–Crippen LogP) is 4.67. The molecule has 3 rings (SSSR count). The number of allylic oxidation sites excluding steroid dienone is 1. The Hall–Kier alpha value is -4.06. The second kappa shape index (κ2) is 9.63. The van der Waals surface area contributed by atoms with Gasteiger partial charge in [-0.15, -0.1) is 0 Å². The molecule has 0 saturated carbocycles. The Morgan fingerprint density at radius 3 is 2.23 bits per heavy atom. The lowest BCUT2D eigenvalue weighted by Crippen LogP contribution is -2.24. The largest absolute Gasteiger partial charge is 0.371 e. The number of benzene rings is 2. The minimum Gasteiger partial charge on any atom is -0.371 e. The highest BCUT2D eigenvalue weighted by Crippen LogP contribution is 2.30. The van der Waals surface area contributed by atoms with Gasteiger partial charge in [-0.05, 0) is 25.0 Å². The summed E-state index contributed by atoms with van der Waals surface area (Å²) in [5.74, 6) is -0.681. The molecule has 158 valence electrons. The fourth-order valence-corrected chi connectivity index (χ4v) is 3.59. The van der Waals surface area contributed by atoms with Crippen LogP contribution < -0.4 is 4.90 Å². The molecule has 2 aromatic carbocycles. The molecule has 2 aromatic rings. The first kappa shape index (κ1) is 21.6. The van der Waals surface area contributed by atoms with Gasteiger partial charge in [-0.2, -0.15) is 5.26 Å². The zero-order valence-electron chi connectivity index (χ0n) is 16.7. The molecule has 0 amide bonds. The summed E-state index contributed by atoms with van der Waals surface area (Å²) in [6, 6.07) is 11.4. The van der Waals surface area contributed by atoms with Crippen LogP contribution in [0.2, 0.25) is 0 Å². The Morgan fingerprint density at radius 2 is 1.61 bits per heavy atom. The van der Waals surface area contributed by atoms with Crippen molar-refractivity contribution in [2.75, 3.05) is 18.0 Å². The third kappa shape index (κ3) is 5.11. The van der Waals surface area contributed by atoms with Crippen molar-refractivity contribution < 1.29 is 14.6 Å². The predicted molar refractivity (Wildman–Crippen MR) is 115 cm³/mol. The molecule has 9 nitrogen and oxygen atoms in total.